The predicted molar refractivity (Wildman–Crippen MR) is 59.3 cm³/mol. The summed E-state index contributed by atoms with van der Waals surface area (Å²) < 4.78 is 5.57. The summed E-state index contributed by atoms with van der Waals surface area (Å²) in [5.74, 6) is 0. The minimum atomic E-state index is 0.691. The van der Waals surface area contributed by atoms with Crippen LogP contribution in [-0.4, -0.2) is 0 Å². The van der Waals surface area contributed by atoms with E-state index >= 15 is 0 Å². The third-order valence-corrected chi connectivity index (χ3v) is 2.69. The second kappa shape index (κ2) is 4.94. The fourth-order valence-electron chi connectivity index (χ4n) is 1.24. The van der Waals surface area contributed by atoms with Gasteiger partial charge in [-0.15, -0.1) is 0 Å². The normalized spacial score (nSPS) is 10.3. The zero-order valence-corrected chi connectivity index (χ0v) is 8.67. The topological polar surface area (TPSA) is 9.23 Å². The van der Waals surface area contributed by atoms with Crippen LogP contribution in [-0.2, 0) is 18.0 Å². The van der Waals surface area contributed by atoms with Crippen molar-refractivity contribution in [1.29, 1.82) is 0 Å². The predicted octanol–water partition coefficient (Wildman–Crippen LogP) is 3.46. The average Bonchev–Trinajstić information content (AvgIpc) is 2.72. The van der Waals surface area contributed by atoms with Gasteiger partial charge in [-0.2, -0.15) is 11.3 Å². The molecule has 0 radical (unpaired) electrons. The maximum Gasteiger partial charge on any atom is 0.0729 e. The highest BCUT2D eigenvalue weighted by atomic mass is 32.1. The van der Waals surface area contributed by atoms with E-state index in [0.717, 1.165) is 0 Å². The highest BCUT2D eigenvalue weighted by Crippen LogP contribution is 2.09. The van der Waals surface area contributed by atoms with Gasteiger partial charge in [-0.05, 0) is 28.0 Å². The summed E-state index contributed by atoms with van der Waals surface area (Å²) in [5, 5.41) is 4.19. The third-order valence-electron chi connectivity index (χ3n) is 1.96. The maximum absolute atomic E-state index is 5.57. The van der Waals surface area contributed by atoms with Crippen molar-refractivity contribution < 1.29 is 4.74 Å². The number of hydrogen-bond acceptors (Lipinski definition) is 2. The lowest BCUT2D eigenvalue weighted by molar-refractivity contribution is 0.107. The van der Waals surface area contributed by atoms with Crippen molar-refractivity contribution in [2.75, 3.05) is 0 Å². The minimum Gasteiger partial charge on any atom is -0.372 e. The molecule has 0 spiro atoms. The molecule has 0 unspecified atom stereocenters. The molecule has 0 aliphatic heterocycles. The highest BCUT2D eigenvalue weighted by Gasteiger charge is 1.94. The van der Waals surface area contributed by atoms with Gasteiger partial charge in [0.05, 0.1) is 13.2 Å². The molecule has 0 amide bonds. The van der Waals surface area contributed by atoms with Crippen molar-refractivity contribution in [2.24, 2.45) is 0 Å². The maximum atomic E-state index is 5.57. The number of benzene rings is 1. The van der Waals surface area contributed by atoms with Crippen LogP contribution in [0.4, 0.5) is 0 Å². The van der Waals surface area contributed by atoms with Gasteiger partial charge in [0, 0.05) is 0 Å². The Morgan fingerprint density at radius 1 is 0.929 bits per heavy atom. The SMILES string of the molecule is c1ccc(COCc2ccsc2)cc1. The van der Waals surface area contributed by atoms with E-state index in [-0.39, 0.29) is 0 Å². The lowest BCUT2D eigenvalue weighted by Crippen LogP contribution is -1.92. The Morgan fingerprint density at radius 3 is 2.43 bits per heavy atom. The molecule has 0 aliphatic carbocycles. The van der Waals surface area contributed by atoms with Crippen LogP contribution in [0.3, 0.4) is 0 Å². The number of thiophene rings is 1. The summed E-state index contributed by atoms with van der Waals surface area (Å²) >= 11 is 1.71. The van der Waals surface area contributed by atoms with Crippen molar-refractivity contribution in [3.8, 4) is 0 Å². The summed E-state index contributed by atoms with van der Waals surface area (Å²) in [6.45, 7) is 1.40. The molecule has 0 aliphatic rings. The summed E-state index contributed by atoms with van der Waals surface area (Å²) in [6.07, 6.45) is 0. The standard InChI is InChI=1S/C12H12OS/c1-2-4-11(5-3-1)8-13-9-12-6-7-14-10-12/h1-7,10H,8-9H2. The summed E-state index contributed by atoms with van der Waals surface area (Å²) in [4.78, 5) is 0. The molecule has 0 bridgehead atoms. The van der Waals surface area contributed by atoms with Gasteiger partial charge in [0.25, 0.3) is 0 Å². The van der Waals surface area contributed by atoms with Gasteiger partial charge in [0.15, 0.2) is 0 Å². The second-order valence-electron chi connectivity index (χ2n) is 3.11. The molecule has 1 aromatic carbocycles. The highest BCUT2D eigenvalue weighted by molar-refractivity contribution is 7.07. The third kappa shape index (κ3) is 2.69. The first-order chi connectivity index (χ1) is 6.95. The smallest absolute Gasteiger partial charge is 0.0729 e. The van der Waals surface area contributed by atoms with E-state index in [1.807, 2.05) is 18.2 Å². The molecule has 2 aromatic rings. The van der Waals surface area contributed by atoms with Crippen LogP contribution in [0.15, 0.2) is 47.2 Å². The molecule has 2 rings (SSSR count). The molecular weight excluding hydrogens is 192 g/mol. The molecular formula is C12H12OS. The average molecular weight is 204 g/mol. The Morgan fingerprint density at radius 2 is 1.71 bits per heavy atom. The number of ether oxygens (including phenoxy) is 1. The first-order valence-corrected chi connectivity index (χ1v) is 5.52. The Bertz CT molecular complexity index is 353. The quantitative estimate of drug-likeness (QED) is 0.741. The molecule has 0 N–H and O–H groups in total. The van der Waals surface area contributed by atoms with E-state index in [1.165, 1.54) is 11.1 Å². The van der Waals surface area contributed by atoms with E-state index in [0.29, 0.717) is 13.2 Å². The lowest BCUT2D eigenvalue weighted by Gasteiger charge is -2.02. The molecule has 1 aromatic heterocycles. The van der Waals surface area contributed by atoms with Crippen LogP contribution < -0.4 is 0 Å². The molecule has 2 heteroatoms. The molecule has 14 heavy (non-hydrogen) atoms. The monoisotopic (exact) mass is 204 g/mol. The van der Waals surface area contributed by atoms with E-state index in [1.54, 1.807) is 11.3 Å². The van der Waals surface area contributed by atoms with Crippen molar-refractivity contribution >= 4 is 11.3 Å². The van der Waals surface area contributed by atoms with Crippen LogP contribution in [0.5, 0.6) is 0 Å². The fourth-order valence-corrected chi connectivity index (χ4v) is 1.89. The van der Waals surface area contributed by atoms with Gasteiger partial charge < -0.3 is 4.74 Å². The first-order valence-electron chi connectivity index (χ1n) is 4.58. The van der Waals surface area contributed by atoms with Crippen molar-refractivity contribution in [3.63, 3.8) is 0 Å². The summed E-state index contributed by atoms with van der Waals surface area (Å²) in [5.41, 5.74) is 2.48. The number of hydrogen-bond donors (Lipinski definition) is 0. The van der Waals surface area contributed by atoms with Crippen molar-refractivity contribution in [2.45, 2.75) is 13.2 Å². The Kier molecular flexibility index (Phi) is 3.33. The minimum absolute atomic E-state index is 0.691. The van der Waals surface area contributed by atoms with E-state index in [4.69, 9.17) is 4.74 Å². The fraction of sp³-hybridized carbons (Fsp3) is 0.167. The summed E-state index contributed by atoms with van der Waals surface area (Å²) in [7, 11) is 0. The van der Waals surface area contributed by atoms with Gasteiger partial charge in [0.2, 0.25) is 0 Å². The van der Waals surface area contributed by atoms with E-state index < -0.39 is 0 Å². The molecule has 0 saturated heterocycles. The first kappa shape index (κ1) is 9.44. The lowest BCUT2D eigenvalue weighted by atomic mass is 10.2. The largest absolute Gasteiger partial charge is 0.372 e. The zero-order chi connectivity index (χ0) is 9.64. The molecule has 0 fully saturated rings. The van der Waals surface area contributed by atoms with Crippen LogP contribution in [0, 0.1) is 0 Å². The van der Waals surface area contributed by atoms with Gasteiger partial charge in [-0.1, -0.05) is 30.3 Å². The van der Waals surface area contributed by atoms with Crippen LogP contribution >= 0.6 is 11.3 Å². The van der Waals surface area contributed by atoms with Gasteiger partial charge in [-0.3, -0.25) is 0 Å². The number of rotatable bonds is 4. The van der Waals surface area contributed by atoms with Crippen LogP contribution in [0.2, 0.25) is 0 Å². The van der Waals surface area contributed by atoms with Gasteiger partial charge >= 0.3 is 0 Å². The Hall–Kier alpha value is -1.12. The van der Waals surface area contributed by atoms with Crippen molar-refractivity contribution in [1.82, 2.24) is 0 Å². The van der Waals surface area contributed by atoms with E-state index in [2.05, 4.69) is 29.0 Å². The second-order valence-corrected chi connectivity index (χ2v) is 3.89. The Balaban J connectivity index is 1.79. The molecule has 72 valence electrons. The van der Waals surface area contributed by atoms with E-state index in [9.17, 15) is 0 Å². The summed E-state index contributed by atoms with van der Waals surface area (Å²) in [6, 6.07) is 12.3. The Labute approximate surface area is 88.0 Å². The molecule has 0 saturated carbocycles. The van der Waals surface area contributed by atoms with Crippen molar-refractivity contribution in [3.05, 3.63) is 58.3 Å². The molecule has 1 nitrogen and oxygen atoms in total. The zero-order valence-electron chi connectivity index (χ0n) is 7.85. The van der Waals surface area contributed by atoms with Gasteiger partial charge in [-0.25, -0.2) is 0 Å². The molecule has 1 heterocycles. The molecule has 0 atom stereocenters. The van der Waals surface area contributed by atoms with Crippen LogP contribution in [0.1, 0.15) is 11.1 Å². The van der Waals surface area contributed by atoms with Gasteiger partial charge in [0.1, 0.15) is 0 Å². The van der Waals surface area contributed by atoms with Crippen LogP contribution in [0.25, 0.3) is 0 Å².